The summed E-state index contributed by atoms with van der Waals surface area (Å²) in [5, 5.41) is 0. The lowest BCUT2D eigenvalue weighted by atomic mass is 10.1. The van der Waals surface area contributed by atoms with Crippen molar-refractivity contribution in [3.63, 3.8) is 0 Å². The predicted molar refractivity (Wildman–Crippen MR) is 53.3 cm³/mol. The number of hydrogen-bond donors (Lipinski definition) is 1. The van der Waals surface area contributed by atoms with Crippen LogP contribution in [0.2, 0.25) is 0 Å². The van der Waals surface area contributed by atoms with Crippen molar-refractivity contribution < 1.29 is 4.74 Å². The van der Waals surface area contributed by atoms with Crippen LogP contribution < -0.4 is 10.5 Å². The zero-order chi connectivity index (χ0) is 9.14. The lowest BCUT2D eigenvalue weighted by molar-refractivity contribution is 0.406. The molecule has 1 aromatic carbocycles. The van der Waals surface area contributed by atoms with Gasteiger partial charge in [-0.15, -0.1) is 0 Å². The van der Waals surface area contributed by atoms with Crippen molar-refractivity contribution in [2.45, 2.75) is 13.5 Å². The molecule has 12 heavy (non-hydrogen) atoms. The van der Waals surface area contributed by atoms with E-state index >= 15 is 0 Å². The first-order chi connectivity index (χ1) is 5.70. The summed E-state index contributed by atoms with van der Waals surface area (Å²) in [5.74, 6) is 0.881. The molecule has 0 atom stereocenters. The number of methoxy groups -OCH3 is 1. The average Bonchev–Trinajstić information content (AvgIpc) is 2.08. The quantitative estimate of drug-likeness (QED) is 0.845. The molecule has 1 aromatic rings. The summed E-state index contributed by atoms with van der Waals surface area (Å²) < 4.78 is 6.24. The van der Waals surface area contributed by atoms with Gasteiger partial charge in [-0.2, -0.15) is 0 Å². The van der Waals surface area contributed by atoms with Crippen molar-refractivity contribution >= 4 is 15.9 Å². The Balaban J connectivity index is 3.28. The highest BCUT2D eigenvalue weighted by Gasteiger charge is 2.07. The molecule has 0 heterocycles. The summed E-state index contributed by atoms with van der Waals surface area (Å²) in [5.41, 5.74) is 7.72. The third-order valence-electron chi connectivity index (χ3n) is 1.81. The summed E-state index contributed by atoms with van der Waals surface area (Å²) in [6, 6.07) is 3.99. The van der Waals surface area contributed by atoms with Crippen LogP contribution in [0.4, 0.5) is 0 Å². The molecule has 0 unspecified atom stereocenters. The van der Waals surface area contributed by atoms with E-state index in [0.717, 1.165) is 21.3 Å². The van der Waals surface area contributed by atoms with Gasteiger partial charge in [0.15, 0.2) is 0 Å². The van der Waals surface area contributed by atoms with E-state index in [4.69, 9.17) is 10.5 Å². The first kappa shape index (κ1) is 9.55. The van der Waals surface area contributed by atoms with E-state index in [1.165, 1.54) is 0 Å². The SMILES string of the molecule is COc1c(C)ccc(Br)c1CN. The third-order valence-corrected chi connectivity index (χ3v) is 2.55. The van der Waals surface area contributed by atoms with Crippen LogP contribution in [0, 0.1) is 6.92 Å². The van der Waals surface area contributed by atoms with E-state index in [9.17, 15) is 0 Å². The van der Waals surface area contributed by atoms with Gasteiger partial charge in [0.05, 0.1) is 7.11 Å². The van der Waals surface area contributed by atoms with Crippen molar-refractivity contribution in [2.24, 2.45) is 5.73 Å². The molecule has 0 aromatic heterocycles. The molecule has 0 saturated heterocycles. The van der Waals surface area contributed by atoms with Crippen molar-refractivity contribution in [1.29, 1.82) is 0 Å². The number of aryl methyl sites for hydroxylation is 1. The molecular formula is C9H12BrNO. The van der Waals surface area contributed by atoms with Crippen molar-refractivity contribution in [3.05, 3.63) is 27.7 Å². The van der Waals surface area contributed by atoms with Crippen LogP contribution in [0.3, 0.4) is 0 Å². The maximum Gasteiger partial charge on any atom is 0.127 e. The summed E-state index contributed by atoms with van der Waals surface area (Å²) in [7, 11) is 1.66. The molecule has 0 radical (unpaired) electrons. The second-order valence-electron chi connectivity index (χ2n) is 2.58. The number of ether oxygens (including phenoxy) is 1. The summed E-state index contributed by atoms with van der Waals surface area (Å²) in [6.07, 6.45) is 0. The molecule has 0 bridgehead atoms. The van der Waals surface area contributed by atoms with Gasteiger partial charge in [-0.05, 0) is 18.6 Å². The Morgan fingerprint density at radius 1 is 1.50 bits per heavy atom. The lowest BCUT2D eigenvalue weighted by Crippen LogP contribution is -2.02. The van der Waals surface area contributed by atoms with Crippen LogP contribution >= 0.6 is 15.9 Å². The normalized spacial score (nSPS) is 10.0. The van der Waals surface area contributed by atoms with E-state index < -0.39 is 0 Å². The second kappa shape index (κ2) is 3.92. The molecule has 0 aliphatic rings. The number of nitrogens with two attached hydrogens (primary N) is 1. The minimum absolute atomic E-state index is 0.492. The summed E-state index contributed by atoms with van der Waals surface area (Å²) in [6.45, 7) is 2.50. The minimum atomic E-state index is 0.492. The van der Waals surface area contributed by atoms with Crippen LogP contribution in [-0.4, -0.2) is 7.11 Å². The molecule has 0 aliphatic heterocycles. The van der Waals surface area contributed by atoms with Crippen molar-refractivity contribution in [2.75, 3.05) is 7.11 Å². The monoisotopic (exact) mass is 229 g/mol. The number of rotatable bonds is 2. The Kier molecular flexibility index (Phi) is 3.12. The van der Waals surface area contributed by atoms with Crippen molar-refractivity contribution in [1.82, 2.24) is 0 Å². The minimum Gasteiger partial charge on any atom is -0.496 e. The van der Waals surface area contributed by atoms with E-state index in [0.29, 0.717) is 6.54 Å². The zero-order valence-electron chi connectivity index (χ0n) is 7.23. The van der Waals surface area contributed by atoms with E-state index in [2.05, 4.69) is 15.9 Å². The number of benzene rings is 1. The van der Waals surface area contributed by atoms with Crippen molar-refractivity contribution in [3.8, 4) is 5.75 Å². The van der Waals surface area contributed by atoms with Gasteiger partial charge in [-0.1, -0.05) is 22.0 Å². The smallest absolute Gasteiger partial charge is 0.127 e. The number of halogens is 1. The molecule has 0 saturated carbocycles. The van der Waals surface area contributed by atoms with Gasteiger partial charge in [0.25, 0.3) is 0 Å². The fourth-order valence-electron chi connectivity index (χ4n) is 1.20. The maximum absolute atomic E-state index is 5.59. The Labute approximate surface area is 80.8 Å². The van der Waals surface area contributed by atoms with E-state index in [1.807, 2.05) is 19.1 Å². The lowest BCUT2D eigenvalue weighted by Gasteiger charge is -2.11. The summed E-state index contributed by atoms with van der Waals surface area (Å²) >= 11 is 3.42. The molecule has 1 rings (SSSR count). The van der Waals surface area contributed by atoms with Crippen LogP contribution in [0.5, 0.6) is 5.75 Å². The highest BCUT2D eigenvalue weighted by atomic mass is 79.9. The predicted octanol–water partition coefficient (Wildman–Crippen LogP) is 2.22. The molecule has 0 spiro atoms. The Bertz CT molecular complexity index is 257. The van der Waals surface area contributed by atoms with Crippen LogP contribution in [0.25, 0.3) is 0 Å². The Hall–Kier alpha value is -0.540. The highest BCUT2D eigenvalue weighted by Crippen LogP contribution is 2.29. The second-order valence-corrected chi connectivity index (χ2v) is 3.43. The Morgan fingerprint density at radius 2 is 2.17 bits per heavy atom. The molecule has 2 nitrogen and oxygen atoms in total. The fraction of sp³-hybridized carbons (Fsp3) is 0.333. The number of hydrogen-bond acceptors (Lipinski definition) is 2. The third kappa shape index (κ3) is 1.62. The molecule has 2 N–H and O–H groups in total. The van der Waals surface area contributed by atoms with Gasteiger partial charge in [-0.25, -0.2) is 0 Å². The van der Waals surface area contributed by atoms with Gasteiger partial charge in [0, 0.05) is 16.6 Å². The van der Waals surface area contributed by atoms with E-state index in [1.54, 1.807) is 7.11 Å². The molecule has 0 amide bonds. The van der Waals surface area contributed by atoms with Gasteiger partial charge in [0.1, 0.15) is 5.75 Å². The Morgan fingerprint density at radius 3 is 2.58 bits per heavy atom. The average molecular weight is 230 g/mol. The van der Waals surface area contributed by atoms with Gasteiger partial charge in [0.2, 0.25) is 0 Å². The molecule has 0 fully saturated rings. The molecular weight excluding hydrogens is 218 g/mol. The van der Waals surface area contributed by atoms with Crippen LogP contribution in [-0.2, 0) is 6.54 Å². The summed E-state index contributed by atoms with van der Waals surface area (Å²) in [4.78, 5) is 0. The van der Waals surface area contributed by atoms with Gasteiger partial charge < -0.3 is 10.5 Å². The van der Waals surface area contributed by atoms with E-state index in [-0.39, 0.29) is 0 Å². The van der Waals surface area contributed by atoms with Gasteiger partial charge >= 0.3 is 0 Å². The van der Waals surface area contributed by atoms with Gasteiger partial charge in [-0.3, -0.25) is 0 Å². The first-order valence-electron chi connectivity index (χ1n) is 3.72. The standard InChI is InChI=1S/C9H12BrNO/c1-6-3-4-8(10)7(5-11)9(6)12-2/h3-4H,5,11H2,1-2H3. The van der Waals surface area contributed by atoms with Crippen LogP contribution in [0.1, 0.15) is 11.1 Å². The topological polar surface area (TPSA) is 35.2 Å². The fourth-order valence-corrected chi connectivity index (χ4v) is 1.67. The highest BCUT2D eigenvalue weighted by molar-refractivity contribution is 9.10. The largest absolute Gasteiger partial charge is 0.496 e. The molecule has 0 aliphatic carbocycles. The molecule has 66 valence electrons. The molecule has 3 heteroatoms. The van der Waals surface area contributed by atoms with Crippen LogP contribution in [0.15, 0.2) is 16.6 Å². The zero-order valence-corrected chi connectivity index (χ0v) is 8.81. The first-order valence-corrected chi connectivity index (χ1v) is 4.52. The maximum atomic E-state index is 5.59.